The minimum atomic E-state index is -3.59. The average molecular weight is 455 g/mol. The van der Waals surface area contributed by atoms with Crippen molar-refractivity contribution in [2.75, 3.05) is 46.4 Å². The number of ether oxygens (including phenoxy) is 2. The topological polar surface area (TPSA) is 59.1 Å². The Labute approximate surface area is 168 Å². The lowest BCUT2D eigenvalue weighted by atomic mass is 10.3. The zero-order valence-electron chi connectivity index (χ0n) is 15.2. The summed E-state index contributed by atoms with van der Waals surface area (Å²) in [6.45, 7) is 3.59. The fourth-order valence-electron chi connectivity index (χ4n) is 2.99. The minimum absolute atomic E-state index is 0.195. The van der Waals surface area contributed by atoms with Crippen LogP contribution < -0.4 is 9.47 Å². The van der Waals surface area contributed by atoms with Crippen molar-refractivity contribution >= 4 is 26.0 Å². The Balaban J connectivity index is 1.56. The molecule has 1 aliphatic heterocycles. The summed E-state index contributed by atoms with van der Waals surface area (Å²) in [5.41, 5.74) is 0. The molecule has 1 fully saturated rings. The van der Waals surface area contributed by atoms with Crippen LogP contribution in [0.15, 0.2) is 57.9 Å². The van der Waals surface area contributed by atoms with Gasteiger partial charge in [-0.2, -0.15) is 4.31 Å². The Morgan fingerprint density at radius 1 is 1.04 bits per heavy atom. The number of piperazine rings is 1. The van der Waals surface area contributed by atoms with E-state index >= 15 is 0 Å². The molecule has 0 amide bonds. The van der Waals surface area contributed by atoms with E-state index < -0.39 is 10.0 Å². The van der Waals surface area contributed by atoms with Gasteiger partial charge in [-0.05, 0) is 30.3 Å². The number of hydrogen-bond donors (Lipinski definition) is 0. The van der Waals surface area contributed by atoms with Crippen molar-refractivity contribution in [2.24, 2.45) is 0 Å². The van der Waals surface area contributed by atoms with E-state index in [1.807, 2.05) is 30.3 Å². The summed E-state index contributed by atoms with van der Waals surface area (Å²) in [6, 6.07) is 14.7. The first-order valence-electron chi connectivity index (χ1n) is 8.74. The molecule has 1 heterocycles. The molecule has 2 aromatic rings. The summed E-state index contributed by atoms with van der Waals surface area (Å²) in [4.78, 5) is 2.41. The monoisotopic (exact) mass is 454 g/mol. The summed E-state index contributed by atoms with van der Waals surface area (Å²) >= 11 is 3.34. The van der Waals surface area contributed by atoms with Gasteiger partial charge < -0.3 is 9.47 Å². The number of sulfonamides is 1. The summed E-state index contributed by atoms with van der Waals surface area (Å²) in [7, 11) is -2.11. The first kappa shape index (κ1) is 20.1. The molecule has 3 rings (SSSR count). The van der Waals surface area contributed by atoms with Gasteiger partial charge in [0.1, 0.15) is 23.0 Å². The van der Waals surface area contributed by atoms with Crippen molar-refractivity contribution in [3.05, 3.63) is 53.0 Å². The van der Waals surface area contributed by atoms with Crippen molar-refractivity contribution in [3.63, 3.8) is 0 Å². The Kier molecular flexibility index (Phi) is 6.75. The van der Waals surface area contributed by atoms with Crippen LogP contribution in [0.1, 0.15) is 0 Å². The van der Waals surface area contributed by atoms with Crippen LogP contribution in [0.2, 0.25) is 0 Å². The number of benzene rings is 2. The van der Waals surface area contributed by atoms with Crippen molar-refractivity contribution in [3.8, 4) is 11.5 Å². The van der Waals surface area contributed by atoms with Gasteiger partial charge >= 0.3 is 0 Å². The maximum atomic E-state index is 13.0. The summed E-state index contributed by atoms with van der Waals surface area (Å²) in [5, 5.41) is 0. The second-order valence-electron chi connectivity index (χ2n) is 6.20. The Morgan fingerprint density at radius 3 is 2.41 bits per heavy atom. The molecule has 0 radical (unpaired) electrons. The molecule has 0 atom stereocenters. The van der Waals surface area contributed by atoms with Crippen molar-refractivity contribution in [2.45, 2.75) is 4.90 Å². The van der Waals surface area contributed by atoms with E-state index in [1.165, 1.54) is 11.4 Å². The molecule has 8 heteroatoms. The average Bonchev–Trinajstić information content (AvgIpc) is 2.69. The number of nitrogens with zero attached hydrogens (tertiary/aromatic N) is 2. The van der Waals surface area contributed by atoms with Gasteiger partial charge in [0.25, 0.3) is 0 Å². The van der Waals surface area contributed by atoms with Gasteiger partial charge in [0.05, 0.1) is 7.11 Å². The molecular weight excluding hydrogens is 432 g/mol. The summed E-state index contributed by atoms with van der Waals surface area (Å²) < 4.78 is 39.2. The largest absolute Gasteiger partial charge is 0.495 e. The second kappa shape index (κ2) is 9.05. The van der Waals surface area contributed by atoms with E-state index in [4.69, 9.17) is 9.47 Å². The molecule has 0 unspecified atom stereocenters. The van der Waals surface area contributed by atoms with Crippen LogP contribution >= 0.6 is 15.9 Å². The van der Waals surface area contributed by atoms with E-state index in [2.05, 4.69) is 20.8 Å². The Morgan fingerprint density at radius 2 is 1.74 bits per heavy atom. The first-order valence-corrected chi connectivity index (χ1v) is 11.0. The van der Waals surface area contributed by atoms with E-state index in [-0.39, 0.29) is 4.90 Å². The highest BCUT2D eigenvalue weighted by Gasteiger charge is 2.30. The van der Waals surface area contributed by atoms with Gasteiger partial charge in [0.2, 0.25) is 10.0 Å². The fraction of sp³-hybridized carbons (Fsp3) is 0.368. The van der Waals surface area contributed by atoms with Crippen LogP contribution in [0.3, 0.4) is 0 Å². The van der Waals surface area contributed by atoms with Gasteiger partial charge in [-0.1, -0.05) is 34.1 Å². The Bertz CT molecular complexity index is 853. The van der Waals surface area contributed by atoms with Crippen molar-refractivity contribution in [1.82, 2.24) is 9.21 Å². The lowest BCUT2D eigenvalue weighted by Crippen LogP contribution is -2.49. The number of para-hydroxylation sites is 1. The lowest BCUT2D eigenvalue weighted by Gasteiger charge is -2.34. The van der Waals surface area contributed by atoms with E-state index in [9.17, 15) is 8.42 Å². The van der Waals surface area contributed by atoms with Crippen LogP contribution in [0.5, 0.6) is 11.5 Å². The highest BCUT2D eigenvalue weighted by Crippen LogP contribution is 2.30. The zero-order valence-corrected chi connectivity index (χ0v) is 17.6. The molecule has 0 aliphatic carbocycles. The van der Waals surface area contributed by atoms with Gasteiger partial charge in [-0.25, -0.2) is 8.42 Å². The maximum Gasteiger partial charge on any atom is 0.246 e. The normalized spacial score (nSPS) is 16.2. The van der Waals surface area contributed by atoms with E-state index in [0.29, 0.717) is 43.0 Å². The number of rotatable bonds is 7. The quantitative estimate of drug-likeness (QED) is 0.643. The van der Waals surface area contributed by atoms with Crippen LogP contribution in [-0.4, -0.2) is 64.1 Å². The van der Waals surface area contributed by atoms with E-state index in [1.54, 1.807) is 18.2 Å². The molecule has 0 bridgehead atoms. The third kappa shape index (κ3) is 5.01. The zero-order chi connectivity index (χ0) is 19.3. The van der Waals surface area contributed by atoms with Gasteiger partial charge in [0.15, 0.2) is 0 Å². The van der Waals surface area contributed by atoms with Gasteiger partial charge in [-0.15, -0.1) is 0 Å². The predicted octanol–water partition coefficient (Wildman–Crippen LogP) is 2.84. The highest BCUT2D eigenvalue weighted by atomic mass is 79.9. The fourth-order valence-corrected chi connectivity index (χ4v) is 5.11. The second-order valence-corrected chi connectivity index (χ2v) is 9.02. The number of hydrogen-bond acceptors (Lipinski definition) is 5. The molecule has 0 spiro atoms. The van der Waals surface area contributed by atoms with Crippen LogP contribution in [0.25, 0.3) is 0 Å². The predicted molar refractivity (Wildman–Crippen MR) is 108 cm³/mol. The molecule has 0 aromatic heterocycles. The maximum absolute atomic E-state index is 13.0. The van der Waals surface area contributed by atoms with Gasteiger partial charge in [-0.3, -0.25) is 4.90 Å². The molecular formula is C19H23BrN2O4S. The van der Waals surface area contributed by atoms with Crippen LogP contribution in [-0.2, 0) is 10.0 Å². The third-order valence-corrected chi connectivity index (χ3v) is 6.91. The van der Waals surface area contributed by atoms with Gasteiger partial charge in [0, 0.05) is 37.2 Å². The standard InChI is InChI=1S/C19H23BrN2O4S/c1-25-18-8-7-16(20)15-19(18)27(23,24)22-11-9-21(10-12-22)13-14-26-17-5-3-2-4-6-17/h2-8,15H,9-14H2,1H3. The smallest absolute Gasteiger partial charge is 0.246 e. The summed E-state index contributed by atoms with van der Waals surface area (Å²) in [6.07, 6.45) is 0. The molecule has 0 N–H and O–H groups in total. The first-order chi connectivity index (χ1) is 13.0. The minimum Gasteiger partial charge on any atom is -0.495 e. The highest BCUT2D eigenvalue weighted by molar-refractivity contribution is 9.10. The van der Waals surface area contributed by atoms with Crippen molar-refractivity contribution in [1.29, 1.82) is 0 Å². The molecule has 0 saturated carbocycles. The van der Waals surface area contributed by atoms with Crippen LogP contribution in [0, 0.1) is 0 Å². The van der Waals surface area contributed by atoms with E-state index in [0.717, 1.165) is 12.3 Å². The molecule has 146 valence electrons. The SMILES string of the molecule is COc1ccc(Br)cc1S(=O)(=O)N1CCN(CCOc2ccccc2)CC1. The molecule has 2 aromatic carbocycles. The number of halogens is 1. The summed E-state index contributed by atoms with van der Waals surface area (Å²) in [5.74, 6) is 1.21. The molecule has 27 heavy (non-hydrogen) atoms. The Hall–Kier alpha value is -1.61. The molecule has 6 nitrogen and oxygen atoms in total. The van der Waals surface area contributed by atoms with Crippen molar-refractivity contribution < 1.29 is 17.9 Å². The molecule has 1 aliphatic rings. The lowest BCUT2D eigenvalue weighted by molar-refractivity contribution is 0.158. The number of methoxy groups -OCH3 is 1. The third-order valence-electron chi connectivity index (χ3n) is 4.49. The van der Waals surface area contributed by atoms with Crippen LogP contribution in [0.4, 0.5) is 0 Å². The molecule has 1 saturated heterocycles.